The molecule has 17 heavy (non-hydrogen) atoms. The smallest absolute Gasteiger partial charge is 0.0922 e. The largest absolute Gasteiger partial charge is 0.385 e. The van der Waals surface area contributed by atoms with E-state index in [-0.39, 0.29) is 0 Å². The molecule has 2 atom stereocenters. The van der Waals surface area contributed by atoms with Gasteiger partial charge < -0.3 is 5.11 Å². The molecule has 1 aromatic carbocycles. The van der Waals surface area contributed by atoms with Gasteiger partial charge in [-0.15, -0.1) is 0 Å². The van der Waals surface area contributed by atoms with Gasteiger partial charge in [-0.05, 0) is 61.8 Å². The van der Waals surface area contributed by atoms with E-state index < -0.39 is 5.60 Å². The number of benzene rings is 1. The molecule has 1 aromatic rings. The molecular formula is C16H24O. The molecule has 0 unspecified atom stereocenters. The van der Waals surface area contributed by atoms with Crippen LogP contribution in [0.4, 0.5) is 0 Å². The summed E-state index contributed by atoms with van der Waals surface area (Å²) >= 11 is 0. The summed E-state index contributed by atoms with van der Waals surface area (Å²) in [6.45, 7) is 8.62. The second-order valence-electron chi connectivity index (χ2n) is 5.81. The van der Waals surface area contributed by atoms with Crippen molar-refractivity contribution in [2.45, 2.75) is 59.0 Å². The van der Waals surface area contributed by atoms with Gasteiger partial charge in [0, 0.05) is 0 Å². The maximum Gasteiger partial charge on any atom is 0.0922 e. The first-order valence-corrected chi connectivity index (χ1v) is 6.76. The Morgan fingerprint density at radius 1 is 1.12 bits per heavy atom. The first-order chi connectivity index (χ1) is 7.95. The Kier molecular flexibility index (Phi) is 3.31. The van der Waals surface area contributed by atoms with E-state index in [1.165, 1.54) is 23.1 Å². The summed E-state index contributed by atoms with van der Waals surface area (Å²) in [7, 11) is 0. The topological polar surface area (TPSA) is 20.2 Å². The molecule has 1 saturated carbocycles. The second kappa shape index (κ2) is 4.45. The molecule has 0 amide bonds. The second-order valence-corrected chi connectivity index (χ2v) is 5.81. The summed E-state index contributed by atoms with van der Waals surface area (Å²) in [5.74, 6) is 0.373. The molecule has 1 aliphatic rings. The molecular weight excluding hydrogens is 208 g/mol. The lowest BCUT2D eigenvalue weighted by Gasteiger charge is -2.39. The highest BCUT2D eigenvalue weighted by Crippen LogP contribution is 2.42. The third-order valence-electron chi connectivity index (χ3n) is 4.69. The highest BCUT2D eigenvalue weighted by atomic mass is 16.3. The number of hydrogen-bond acceptors (Lipinski definition) is 1. The van der Waals surface area contributed by atoms with Gasteiger partial charge in [0.1, 0.15) is 0 Å². The van der Waals surface area contributed by atoms with Crippen LogP contribution >= 0.6 is 0 Å². The van der Waals surface area contributed by atoms with Crippen molar-refractivity contribution >= 4 is 0 Å². The first kappa shape index (κ1) is 12.6. The predicted molar refractivity (Wildman–Crippen MR) is 72.2 cm³/mol. The van der Waals surface area contributed by atoms with Gasteiger partial charge in [-0.1, -0.05) is 31.9 Å². The fourth-order valence-corrected chi connectivity index (χ4v) is 3.04. The van der Waals surface area contributed by atoms with Gasteiger partial charge in [0.2, 0.25) is 0 Å². The van der Waals surface area contributed by atoms with Crippen molar-refractivity contribution in [3.05, 3.63) is 34.4 Å². The molecule has 1 heteroatoms. The Balaban J connectivity index is 2.45. The van der Waals surface area contributed by atoms with Crippen molar-refractivity contribution < 1.29 is 5.11 Å². The van der Waals surface area contributed by atoms with Crippen LogP contribution in [0.1, 0.15) is 54.9 Å². The summed E-state index contributed by atoms with van der Waals surface area (Å²) in [6, 6.07) is 4.37. The fraction of sp³-hybridized carbons (Fsp3) is 0.625. The Labute approximate surface area is 105 Å². The van der Waals surface area contributed by atoms with Gasteiger partial charge in [-0.3, -0.25) is 0 Å². The minimum absolute atomic E-state index is 0.373. The van der Waals surface area contributed by atoms with Crippen molar-refractivity contribution in [2.24, 2.45) is 5.92 Å². The first-order valence-electron chi connectivity index (χ1n) is 6.76. The summed E-state index contributed by atoms with van der Waals surface area (Å²) < 4.78 is 0. The zero-order chi connectivity index (χ0) is 12.6. The Bertz CT molecular complexity index is 399. The highest BCUT2D eigenvalue weighted by molar-refractivity contribution is 5.39. The van der Waals surface area contributed by atoms with Crippen molar-refractivity contribution in [1.82, 2.24) is 0 Å². The molecule has 2 rings (SSSR count). The van der Waals surface area contributed by atoms with Crippen LogP contribution < -0.4 is 0 Å². The molecule has 0 aromatic heterocycles. The summed E-state index contributed by atoms with van der Waals surface area (Å²) in [6.07, 6.45) is 4.46. The number of aryl methyl sites for hydroxylation is 2. The maximum absolute atomic E-state index is 11.0. The van der Waals surface area contributed by atoms with Crippen LogP contribution in [0.3, 0.4) is 0 Å². The van der Waals surface area contributed by atoms with E-state index >= 15 is 0 Å². The SMILES string of the molecule is Cc1cc([C@]2(O)CCCC[C@H]2C)cc(C)c1C. The molecule has 0 bridgehead atoms. The lowest BCUT2D eigenvalue weighted by atomic mass is 9.71. The van der Waals surface area contributed by atoms with E-state index in [1.807, 2.05) is 0 Å². The molecule has 1 N–H and O–H groups in total. The third-order valence-corrected chi connectivity index (χ3v) is 4.69. The van der Waals surface area contributed by atoms with Gasteiger partial charge in [-0.25, -0.2) is 0 Å². The Morgan fingerprint density at radius 2 is 1.71 bits per heavy atom. The summed E-state index contributed by atoms with van der Waals surface area (Å²) in [5.41, 5.74) is 4.48. The van der Waals surface area contributed by atoms with E-state index in [4.69, 9.17) is 0 Å². The maximum atomic E-state index is 11.0. The molecule has 1 nitrogen and oxygen atoms in total. The molecule has 94 valence electrons. The van der Waals surface area contributed by atoms with Crippen LogP contribution in [0.5, 0.6) is 0 Å². The normalized spacial score (nSPS) is 29.4. The lowest BCUT2D eigenvalue weighted by molar-refractivity contribution is -0.0470. The number of hydrogen-bond donors (Lipinski definition) is 1. The van der Waals surface area contributed by atoms with Gasteiger partial charge in [-0.2, -0.15) is 0 Å². The Hall–Kier alpha value is -0.820. The van der Waals surface area contributed by atoms with Crippen LogP contribution in [-0.4, -0.2) is 5.11 Å². The van der Waals surface area contributed by atoms with E-state index in [9.17, 15) is 5.11 Å². The van der Waals surface area contributed by atoms with Crippen molar-refractivity contribution in [2.75, 3.05) is 0 Å². The van der Waals surface area contributed by atoms with Crippen molar-refractivity contribution in [1.29, 1.82) is 0 Å². The summed E-state index contributed by atoms with van der Waals surface area (Å²) in [4.78, 5) is 0. The standard InChI is InChI=1S/C16H24O/c1-11-9-15(10-12(2)14(11)4)16(17)8-6-5-7-13(16)3/h9-10,13,17H,5-8H2,1-4H3/t13-,16+/m1/s1. The van der Waals surface area contributed by atoms with Gasteiger partial charge >= 0.3 is 0 Å². The number of rotatable bonds is 1. The van der Waals surface area contributed by atoms with Crippen LogP contribution in [0.15, 0.2) is 12.1 Å². The monoisotopic (exact) mass is 232 g/mol. The molecule has 0 heterocycles. The minimum Gasteiger partial charge on any atom is -0.385 e. The van der Waals surface area contributed by atoms with Gasteiger partial charge in [0.25, 0.3) is 0 Å². The average molecular weight is 232 g/mol. The fourth-order valence-electron chi connectivity index (χ4n) is 3.04. The molecule has 1 fully saturated rings. The van der Waals surface area contributed by atoms with Crippen LogP contribution in [0.2, 0.25) is 0 Å². The number of aliphatic hydroxyl groups is 1. The zero-order valence-corrected chi connectivity index (χ0v) is 11.5. The average Bonchev–Trinajstić information content (AvgIpc) is 2.29. The lowest BCUT2D eigenvalue weighted by Crippen LogP contribution is -2.36. The molecule has 1 aliphatic carbocycles. The zero-order valence-electron chi connectivity index (χ0n) is 11.5. The van der Waals surface area contributed by atoms with E-state index in [0.717, 1.165) is 24.8 Å². The quantitative estimate of drug-likeness (QED) is 0.775. The predicted octanol–water partition coefficient (Wildman–Crippen LogP) is 4.01. The Morgan fingerprint density at radius 3 is 2.24 bits per heavy atom. The minimum atomic E-state index is -0.596. The van der Waals surface area contributed by atoms with Crippen LogP contribution in [0.25, 0.3) is 0 Å². The third kappa shape index (κ3) is 2.13. The summed E-state index contributed by atoms with van der Waals surface area (Å²) in [5, 5.41) is 11.0. The van der Waals surface area contributed by atoms with E-state index in [0.29, 0.717) is 5.92 Å². The van der Waals surface area contributed by atoms with Crippen LogP contribution in [0, 0.1) is 26.7 Å². The van der Waals surface area contributed by atoms with Gasteiger partial charge in [0.15, 0.2) is 0 Å². The van der Waals surface area contributed by atoms with Gasteiger partial charge in [0.05, 0.1) is 5.60 Å². The van der Waals surface area contributed by atoms with E-state index in [1.54, 1.807) is 0 Å². The van der Waals surface area contributed by atoms with Crippen molar-refractivity contribution in [3.8, 4) is 0 Å². The highest BCUT2D eigenvalue weighted by Gasteiger charge is 2.37. The van der Waals surface area contributed by atoms with Crippen molar-refractivity contribution in [3.63, 3.8) is 0 Å². The van der Waals surface area contributed by atoms with Crippen LogP contribution in [-0.2, 0) is 5.60 Å². The molecule has 0 aliphatic heterocycles. The van der Waals surface area contributed by atoms with E-state index in [2.05, 4.69) is 39.8 Å². The molecule has 0 spiro atoms. The molecule has 0 saturated heterocycles. The molecule has 0 radical (unpaired) electrons.